The van der Waals surface area contributed by atoms with E-state index in [0.717, 1.165) is 37.7 Å². The van der Waals surface area contributed by atoms with Crippen LogP contribution in [0, 0.1) is 34.5 Å². The van der Waals surface area contributed by atoms with Crippen LogP contribution < -0.4 is 5.32 Å². The number of carboxylic acids is 1. The smallest absolute Gasteiger partial charge is 0.412 e. The van der Waals surface area contributed by atoms with E-state index >= 15 is 0 Å². The minimum atomic E-state index is -4.57. The fourth-order valence-corrected chi connectivity index (χ4v) is 8.17. The Hall–Kier alpha value is -2.57. The van der Waals surface area contributed by atoms with Gasteiger partial charge in [-0.2, -0.15) is 13.2 Å². The van der Waals surface area contributed by atoms with E-state index in [2.05, 4.69) is 25.2 Å². The van der Waals surface area contributed by atoms with Gasteiger partial charge in [-0.05, 0) is 90.7 Å². The zero-order valence-electron chi connectivity index (χ0n) is 20.8. The number of nitrogens with one attached hydrogen (secondary N) is 1. The van der Waals surface area contributed by atoms with E-state index < -0.39 is 30.0 Å². The molecule has 4 nitrogen and oxygen atoms in total. The standard InChI is InChI=1S/C29H34F3NO3/c1-27-14-12-18(26(35)36)16-19(27)8-9-20-21-10-11-23(28(21,2)15-13-22(20)27)25(34)33-24(29(30,31)32)17-6-4-3-5-7-17/h3-8,16,20-24H,9-15H2,1-2H3,(H,33,34)(H,35,36)/t20-,21-,22-,23+,24?,27-,28-/m0/s1. The Labute approximate surface area is 210 Å². The van der Waals surface area contributed by atoms with E-state index in [1.165, 1.54) is 12.1 Å². The maximum Gasteiger partial charge on any atom is 0.412 e. The lowest BCUT2D eigenvalue weighted by molar-refractivity contribution is -0.166. The highest BCUT2D eigenvalue weighted by molar-refractivity contribution is 5.87. The lowest BCUT2D eigenvalue weighted by atomic mass is 9.48. The predicted molar refractivity (Wildman–Crippen MR) is 130 cm³/mol. The predicted octanol–water partition coefficient (Wildman–Crippen LogP) is 6.61. The van der Waals surface area contributed by atoms with Gasteiger partial charge in [0, 0.05) is 11.5 Å². The third-order valence-electron chi connectivity index (χ3n) is 10.1. The van der Waals surface area contributed by atoms with Gasteiger partial charge in [0.05, 0.1) is 0 Å². The van der Waals surface area contributed by atoms with Crippen molar-refractivity contribution in [2.75, 3.05) is 0 Å². The van der Waals surface area contributed by atoms with Crippen molar-refractivity contribution in [2.24, 2.45) is 34.5 Å². The van der Waals surface area contributed by atoms with Crippen LogP contribution in [0.15, 0.2) is 53.6 Å². The highest BCUT2D eigenvalue weighted by Gasteiger charge is 2.60. The first-order valence-corrected chi connectivity index (χ1v) is 13.0. The van der Waals surface area contributed by atoms with Crippen LogP contribution in [-0.2, 0) is 9.59 Å². The molecule has 194 valence electrons. The van der Waals surface area contributed by atoms with Crippen LogP contribution in [0.5, 0.6) is 0 Å². The number of alkyl halides is 3. The summed E-state index contributed by atoms with van der Waals surface area (Å²) in [5.41, 5.74) is 1.22. The molecule has 0 heterocycles. The zero-order chi connectivity index (χ0) is 25.9. The van der Waals surface area contributed by atoms with E-state index in [-0.39, 0.29) is 22.3 Å². The van der Waals surface area contributed by atoms with Crippen molar-refractivity contribution < 1.29 is 27.9 Å². The van der Waals surface area contributed by atoms with Gasteiger partial charge in [-0.1, -0.05) is 50.3 Å². The largest absolute Gasteiger partial charge is 0.478 e. The molecule has 2 N–H and O–H groups in total. The maximum atomic E-state index is 13.9. The molecule has 0 saturated heterocycles. The summed E-state index contributed by atoms with van der Waals surface area (Å²) in [6.07, 6.45) is 4.83. The molecule has 4 aliphatic rings. The van der Waals surface area contributed by atoms with Crippen LogP contribution in [0.25, 0.3) is 0 Å². The number of hydrogen-bond acceptors (Lipinski definition) is 2. The Morgan fingerprint density at radius 3 is 2.44 bits per heavy atom. The van der Waals surface area contributed by atoms with Crippen LogP contribution in [0.3, 0.4) is 0 Å². The summed E-state index contributed by atoms with van der Waals surface area (Å²) in [7, 11) is 0. The summed E-state index contributed by atoms with van der Waals surface area (Å²) < 4.78 is 41.8. The maximum absolute atomic E-state index is 13.9. The second-order valence-corrected chi connectivity index (χ2v) is 11.7. The van der Waals surface area contributed by atoms with Crippen LogP contribution in [-0.4, -0.2) is 23.2 Å². The number of allylic oxidation sites excluding steroid dienone is 3. The second kappa shape index (κ2) is 8.77. The van der Waals surface area contributed by atoms with E-state index in [4.69, 9.17) is 0 Å². The molecule has 1 aromatic carbocycles. The van der Waals surface area contributed by atoms with Crippen molar-refractivity contribution in [3.8, 4) is 0 Å². The molecule has 0 aromatic heterocycles. The van der Waals surface area contributed by atoms with Gasteiger partial charge in [-0.25, -0.2) is 4.79 Å². The van der Waals surface area contributed by atoms with Crippen LogP contribution >= 0.6 is 0 Å². The molecule has 5 rings (SSSR count). The fourth-order valence-electron chi connectivity index (χ4n) is 8.17. The molecule has 2 fully saturated rings. The van der Waals surface area contributed by atoms with Crippen LogP contribution in [0.1, 0.15) is 70.4 Å². The van der Waals surface area contributed by atoms with Crippen molar-refractivity contribution in [2.45, 2.75) is 71.0 Å². The number of carbonyl (C=O) groups excluding carboxylic acids is 1. The fraction of sp³-hybridized carbons (Fsp3) is 0.586. The summed E-state index contributed by atoms with van der Waals surface area (Å²) in [4.78, 5) is 24.9. The summed E-state index contributed by atoms with van der Waals surface area (Å²) in [5, 5.41) is 11.8. The number of halogens is 3. The number of benzene rings is 1. The van der Waals surface area contributed by atoms with E-state index in [0.29, 0.717) is 30.3 Å². The Balaban J connectivity index is 1.38. The highest BCUT2D eigenvalue weighted by Crippen LogP contribution is 2.66. The van der Waals surface area contributed by atoms with Crippen molar-refractivity contribution >= 4 is 11.9 Å². The minimum absolute atomic E-state index is 0.0470. The van der Waals surface area contributed by atoms with Crippen molar-refractivity contribution in [1.29, 1.82) is 0 Å². The van der Waals surface area contributed by atoms with Crippen molar-refractivity contribution in [3.63, 3.8) is 0 Å². The van der Waals surface area contributed by atoms with Gasteiger partial charge in [0.15, 0.2) is 6.04 Å². The van der Waals surface area contributed by atoms with Gasteiger partial charge in [-0.3, -0.25) is 4.79 Å². The number of carboxylic acid groups (broad SMARTS) is 1. The van der Waals surface area contributed by atoms with E-state index in [9.17, 15) is 27.9 Å². The van der Waals surface area contributed by atoms with Crippen molar-refractivity contribution in [1.82, 2.24) is 5.32 Å². The molecular weight excluding hydrogens is 467 g/mol. The molecular formula is C29H34F3NO3. The summed E-state index contributed by atoms with van der Waals surface area (Å²) in [5.74, 6) is -0.755. The molecule has 0 radical (unpaired) electrons. The average Bonchev–Trinajstić information content (AvgIpc) is 3.19. The molecule has 4 aliphatic carbocycles. The third-order valence-corrected chi connectivity index (χ3v) is 10.1. The molecule has 0 bridgehead atoms. The molecule has 1 unspecified atom stereocenters. The third kappa shape index (κ3) is 3.99. The molecule has 36 heavy (non-hydrogen) atoms. The van der Waals surface area contributed by atoms with Crippen molar-refractivity contribution in [3.05, 3.63) is 59.2 Å². The van der Waals surface area contributed by atoms with E-state index in [1.54, 1.807) is 18.2 Å². The SMILES string of the molecule is C[C@]12CC[C@H]3[C@@H](CC=C4C=C(C(=O)O)CC[C@@]43C)[C@@H]1CC[C@@H]2C(=O)NC(c1ccccc1)C(F)(F)F. The Bertz CT molecular complexity index is 1110. The first-order chi connectivity index (χ1) is 16.9. The molecule has 0 aliphatic heterocycles. The zero-order valence-corrected chi connectivity index (χ0v) is 20.8. The normalized spacial score (nSPS) is 36.5. The van der Waals surface area contributed by atoms with Crippen LogP contribution in [0.4, 0.5) is 13.2 Å². The molecule has 2 saturated carbocycles. The second-order valence-electron chi connectivity index (χ2n) is 11.7. The monoisotopic (exact) mass is 501 g/mol. The van der Waals surface area contributed by atoms with Gasteiger partial charge in [0.1, 0.15) is 0 Å². The van der Waals surface area contributed by atoms with Gasteiger partial charge >= 0.3 is 12.1 Å². The molecule has 7 heteroatoms. The van der Waals surface area contributed by atoms with Gasteiger partial charge in [-0.15, -0.1) is 0 Å². The lowest BCUT2D eigenvalue weighted by Gasteiger charge is -2.57. The topological polar surface area (TPSA) is 66.4 Å². The summed E-state index contributed by atoms with van der Waals surface area (Å²) >= 11 is 0. The highest BCUT2D eigenvalue weighted by atomic mass is 19.4. The Kier molecular flexibility index (Phi) is 6.12. The lowest BCUT2D eigenvalue weighted by Crippen LogP contribution is -2.51. The number of fused-ring (bicyclic) bond motifs is 5. The van der Waals surface area contributed by atoms with Gasteiger partial charge in [0.2, 0.25) is 5.91 Å². The Morgan fingerprint density at radius 1 is 1.06 bits per heavy atom. The number of hydrogen-bond donors (Lipinski definition) is 2. The van der Waals surface area contributed by atoms with Gasteiger partial charge in [0.25, 0.3) is 0 Å². The molecule has 1 amide bonds. The Morgan fingerprint density at radius 2 is 1.78 bits per heavy atom. The quantitative estimate of drug-likeness (QED) is 0.488. The number of amides is 1. The van der Waals surface area contributed by atoms with Crippen LogP contribution in [0.2, 0.25) is 0 Å². The summed E-state index contributed by atoms with van der Waals surface area (Å²) in [6, 6.07) is 5.57. The molecule has 7 atom stereocenters. The first kappa shape index (κ1) is 25.1. The number of carbonyl (C=O) groups is 2. The molecule has 1 aromatic rings. The summed E-state index contributed by atoms with van der Waals surface area (Å²) in [6.45, 7) is 4.36. The number of rotatable bonds is 4. The molecule has 0 spiro atoms. The minimum Gasteiger partial charge on any atom is -0.478 e. The van der Waals surface area contributed by atoms with Gasteiger partial charge < -0.3 is 10.4 Å². The van der Waals surface area contributed by atoms with E-state index in [1.807, 2.05) is 6.08 Å². The average molecular weight is 502 g/mol. The first-order valence-electron chi connectivity index (χ1n) is 13.0. The number of aliphatic carboxylic acids is 1.